The van der Waals surface area contributed by atoms with E-state index in [1.807, 2.05) is 37.3 Å². The lowest BCUT2D eigenvalue weighted by molar-refractivity contribution is -0.129. The van der Waals surface area contributed by atoms with E-state index in [4.69, 9.17) is 5.26 Å². The highest BCUT2D eigenvalue weighted by molar-refractivity contribution is 5.81. The molecule has 0 spiro atoms. The maximum atomic E-state index is 12.3. The summed E-state index contributed by atoms with van der Waals surface area (Å²) in [5.41, 5.74) is 1.52. The summed E-state index contributed by atoms with van der Waals surface area (Å²) in [6.45, 7) is 3.27. The molecule has 0 saturated carbocycles. The Balaban J connectivity index is 1.97. The molecule has 5 heteroatoms. The summed E-state index contributed by atoms with van der Waals surface area (Å²) in [7, 11) is 0. The van der Waals surface area contributed by atoms with Crippen molar-refractivity contribution in [3.05, 3.63) is 59.8 Å². The Morgan fingerprint density at radius 3 is 2.73 bits per heavy atom. The number of pyridine rings is 1. The van der Waals surface area contributed by atoms with Crippen LogP contribution < -0.4 is 5.32 Å². The van der Waals surface area contributed by atoms with Gasteiger partial charge in [0, 0.05) is 19.3 Å². The molecule has 0 unspecified atom stereocenters. The molecule has 0 radical (unpaired) electrons. The van der Waals surface area contributed by atoms with Crippen LogP contribution in [0.3, 0.4) is 0 Å². The van der Waals surface area contributed by atoms with Crippen LogP contribution in [0.4, 0.5) is 5.82 Å². The number of nitriles is 1. The Hall–Kier alpha value is -2.87. The number of likely N-dealkylation sites (N-methyl/N-ethyl adjacent to an activating group) is 1. The number of benzene rings is 1. The quantitative estimate of drug-likeness (QED) is 0.888. The second-order valence-corrected chi connectivity index (χ2v) is 4.76. The lowest BCUT2D eigenvalue weighted by Gasteiger charge is -2.21. The summed E-state index contributed by atoms with van der Waals surface area (Å²) in [4.78, 5) is 18.2. The van der Waals surface area contributed by atoms with Crippen LogP contribution in [0.5, 0.6) is 0 Å². The molecule has 0 aliphatic carbocycles. The van der Waals surface area contributed by atoms with Crippen LogP contribution in [0.2, 0.25) is 0 Å². The summed E-state index contributed by atoms with van der Waals surface area (Å²) in [6.07, 6.45) is 1.59. The highest BCUT2D eigenvalue weighted by atomic mass is 16.2. The molecule has 0 aliphatic rings. The van der Waals surface area contributed by atoms with E-state index in [9.17, 15) is 4.79 Å². The van der Waals surface area contributed by atoms with E-state index in [2.05, 4.69) is 16.4 Å². The van der Waals surface area contributed by atoms with Gasteiger partial charge in [-0.1, -0.05) is 30.3 Å². The van der Waals surface area contributed by atoms with Crippen molar-refractivity contribution in [2.45, 2.75) is 13.5 Å². The molecule has 1 aromatic heterocycles. The van der Waals surface area contributed by atoms with Crippen molar-refractivity contribution < 1.29 is 4.79 Å². The first kappa shape index (κ1) is 15.5. The average molecular weight is 294 g/mol. The predicted molar refractivity (Wildman–Crippen MR) is 85.0 cm³/mol. The summed E-state index contributed by atoms with van der Waals surface area (Å²) in [5, 5.41) is 11.9. The maximum Gasteiger partial charge on any atom is 0.242 e. The van der Waals surface area contributed by atoms with Gasteiger partial charge in [-0.25, -0.2) is 4.98 Å². The average Bonchev–Trinajstić information content (AvgIpc) is 2.58. The van der Waals surface area contributed by atoms with E-state index in [0.29, 0.717) is 24.5 Å². The Morgan fingerprint density at radius 2 is 2.05 bits per heavy atom. The van der Waals surface area contributed by atoms with Crippen LogP contribution in [-0.2, 0) is 11.3 Å². The molecule has 0 fully saturated rings. The number of nitrogens with one attached hydrogen (secondary N) is 1. The molecule has 1 N–H and O–H groups in total. The number of hydrogen-bond acceptors (Lipinski definition) is 4. The fourth-order valence-corrected chi connectivity index (χ4v) is 2.09. The van der Waals surface area contributed by atoms with Crippen LogP contribution in [0, 0.1) is 11.3 Å². The number of anilines is 1. The van der Waals surface area contributed by atoms with E-state index < -0.39 is 0 Å². The number of carbonyl (C=O) groups excluding carboxylic acids is 1. The first-order valence-electron chi connectivity index (χ1n) is 7.15. The number of rotatable bonds is 6. The van der Waals surface area contributed by atoms with Gasteiger partial charge in [-0.3, -0.25) is 4.79 Å². The van der Waals surface area contributed by atoms with Gasteiger partial charge in [0.15, 0.2) is 0 Å². The topological polar surface area (TPSA) is 69.0 Å². The van der Waals surface area contributed by atoms with Crippen LogP contribution in [0.25, 0.3) is 0 Å². The molecule has 5 nitrogen and oxygen atoms in total. The van der Waals surface area contributed by atoms with Gasteiger partial charge >= 0.3 is 0 Å². The van der Waals surface area contributed by atoms with Crippen molar-refractivity contribution >= 4 is 11.7 Å². The van der Waals surface area contributed by atoms with Gasteiger partial charge < -0.3 is 10.2 Å². The minimum Gasteiger partial charge on any atom is -0.360 e. The molecular weight excluding hydrogens is 276 g/mol. The fourth-order valence-electron chi connectivity index (χ4n) is 2.09. The third-order valence-electron chi connectivity index (χ3n) is 3.29. The molecule has 1 amide bonds. The van der Waals surface area contributed by atoms with E-state index in [0.717, 1.165) is 5.56 Å². The van der Waals surface area contributed by atoms with Crippen molar-refractivity contribution in [3.8, 4) is 6.07 Å². The summed E-state index contributed by atoms with van der Waals surface area (Å²) in [6, 6.07) is 15.3. The number of hydrogen-bond donors (Lipinski definition) is 1. The van der Waals surface area contributed by atoms with Crippen molar-refractivity contribution in [2.75, 3.05) is 18.4 Å². The van der Waals surface area contributed by atoms with Gasteiger partial charge in [0.25, 0.3) is 0 Å². The minimum absolute atomic E-state index is 0.0269. The van der Waals surface area contributed by atoms with E-state index in [1.54, 1.807) is 23.2 Å². The first-order chi connectivity index (χ1) is 10.7. The van der Waals surface area contributed by atoms with E-state index in [1.165, 1.54) is 0 Å². The largest absolute Gasteiger partial charge is 0.360 e. The molecule has 0 aliphatic heterocycles. The van der Waals surface area contributed by atoms with Crippen LogP contribution in [0.1, 0.15) is 18.1 Å². The first-order valence-corrected chi connectivity index (χ1v) is 7.15. The van der Waals surface area contributed by atoms with E-state index in [-0.39, 0.29) is 12.5 Å². The van der Waals surface area contributed by atoms with Crippen molar-refractivity contribution in [3.63, 3.8) is 0 Å². The molecule has 2 aromatic rings. The Bertz CT molecular complexity index is 664. The van der Waals surface area contributed by atoms with Crippen LogP contribution in [-0.4, -0.2) is 28.9 Å². The SMILES string of the molecule is CCN(Cc1ccccc1)C(=O)CNc1ncccc1C#N. The van der Waals surface area contributed by atoms with Gasteiger partial charge in [-0.15, -0.1) is 0 Å². The molecule has 2 rings (SSSR count). The van der Waals surface area contributed by atoms with Gasteiger partial charge in [-0.2, -0.15) is 5.26 Å². The van der Waals surface area contributed by atoms with Crippen molar-refractivity contribution in [1.29, 1.82) is 5.26 Å². The molecule has 22 heavy (non-hydrogen) atoms. The number of nitrogens with zero attached hydrogens (tertiary/aromatic N) is 3. The standard InChI is InChI=1S/C17H18N4O/c1-2-21(13-14-7-4-3-5-8-14)16(22)12-20-17-15(11-18)9-6-10-19-17/h3-10H,2,12-13H2,1H3,(H,19,20). The molecule has 0 saturated heterocycles. The molecular formula is C17H18N4O. The van der Waals surface area contributed by atoms with Gasteiger partial charge in [0.2, 0.25) is 5.91 Å². The molecule has 112 valence electrons. The van der Waals surface area contributed by atoms with Crippen LogP contribution >= 0.6 is 0 Å². The predicted octanol–water partition coefficient (Wildman–Crippen LogP) is 2.41. The summed E-state index contributed by atoms with van der Waals surface area (Å²) < 4.78 is 0. The second kappa shape index (κ2) is 7.79. The highest BCUT2D eigenvalue weighted by Crippen LogP contribution is 2.10. The van der Waals surface area contributed by atoms with Gasteiger partial charge in [0.05, 0.1) is 12.1 Å². The highest BCUT2D eigenvalue weighted by Gasteiger charge is 2.13. The van der Waals surface area contributed by atoms with Gasteiger partial charge in [0.1, 0.15) is 11.9 Å². The van der Waals surface area contributed by atoms with E-state index >= 15 is 0 Å². The Morgan fingerprint density at radius 1 is 1.27 bits per heavy atom. The van der Waals surface area contributed by atoms with Crippen molar-refractivity contribution in [2.24, 2.45) is 0 Å². The number of carbonyl (C=O) groups is 1. The minimum atomic E-state index is -0.0269. The van der Waals surface area contributed by atoms with Gasteiger partial charge in [-0.05, 0) is 24.6 Å². The second-order valence-electron chi connectivity index (χ2n) is 4.76. The lowest BCUT2D eigenvalue weighted by Crippen LogP contribution is -2.35. The zero-order valence-corrected chi connectivity index (χ0v) is 12.5. The molecule has 1 aromatic carbocycles. The molecule has 0 bridgehead atoms. The third-order valence-corrected chi connectivity index (χ3v) is 3.29. The maximum absolute atomic E-state index is 12.3. The number of amides is 1. The monoisotopic (exact) mass is 294 g/mol. The zero-order valence-electron chi connectivity index (χ0n) is 12.5. The Kier molecular flexibility index (Phi) is 5.50. The fraction of sp³-hybridized carbons (Fsp3) is 0.235. The number of aromatic nitrogens is 1. The summed E-state index contributed by atoms with van der Waals surface area (Å²) >= 11 is 0. The summed E-state index contributed by atoms with van der Waals surface area (Å²) in [5.74, 6) is 0.412. The third kappa shape index (κ3) is 4.06. The van der Waals surface area contributed by atoms with Crippen molar-refractivity contribution in [1.82, 2.24) is 9.88 Å². The Labute approximate surface area is 130 Å². The smallest absolute Gasteiger partial charge is 0.242 e. The molecule has 0 atom stereocenters. The zero-order chi connectivity index (χ0) is 15.8. The molecule has 1 heterocycles. The normalized spacial score (nSPS) is 9.82. The lowest BCUT2D eigenvalue weighted by atomic mass is 10.2. The van der Waals surface area contributed by atoms with Crippen LogP contribution in [0.15, 0.2) is 48.7 Å².